The van der Waals surface area contributed by atoms with Gasteiger partial charge in [-0.25, -0.2) is 0 Å². The Morgan fingerprint density at radius 1 is 1.12 bits per heavy atom. The number of aromatic nitrogens is 3. The Kier molecular flexibility index (Phi) is 3.78. The predicted octanol–water partition coefficient (Wildman–Crippen LogP) is 3.83. The second-order valence-corrected chi connectivity index (χ2v) is 5.77. The SMILES string of the molecule is Cc1cc(N[C@H](c2cccnc2)c2ccc3cccnc3c2O)no1. The van der Waals surface area contributed by atoms with Crippen LogP contribution in [0.2, 0.25) is 0 Å². The third-order valence-electron chi connectivity index (χ3n) is 4.03. The lowest BCUT2D eigenvalue weighted by Crippen LogP contribution is -2.13. The first-order valence-corrected chi connectivity index (χ1v) is 7.89. The molecule has 4 rings (SSSR count). The number of anilines is 1. The number of hydrogen-bond donors (Lipinski definition) is 2. The fraction of sp³-hybridized carbons (Fsp3) is 0.105. The van der Waals surface area contributed by atoms with E-state index in [1.807, 2.05) is 43.3 Å². The van der Waals surface area contributed by atoms with Gasteiger partial charge in [-0.15, -0.1) is 0 Å². The predicted molar refractivity (Wildman–Crippen MR) is 94.4 cm³/mol. The molecule has 0 amide bonds. The first kappa shape index (κ1) is 15.1. The molecule has 1 aromatic carbocycles. The molecular weight excluding hydrogens is 316 g/mol. The van der Waals surface area contributed by atoms with Crippen molar-refractivity contribution in [2.75, 3.05) is 5.32 Å². The van der Waals surface area contributed by atoms with Gasteiger partial charge in [0.25, 0.3) is 0 Å². The molecule has 0 radical (unpaired) electrons. The summed E-state index contributed by atoms with van der Waals surface area (Å²) in [4.78, 5) is 8.49. The Morgan fingerprint density at radius 3 is 2.76 bits per heavy atom. The molecule has 124 valence electrons. The molecule has 0 fully saturated rings. The Hall–Kier alpha value is -3.41. The summed E-state index contributed by atoms with van der Waals surface area (Å²) in [5, 5.41) is 19.0. The van der Waals surface area contributed by atoms with Gasteiger partial charge in [0.2, 0.25) is 0 Å². The van der Waals surface area contributed by atoms with E-state index >= 15 is 0 Å². The van der Waals surface area contributed by atoms with Crippen LogP contribution in [0.25, 0.3) is 10.9 Å². The van der Waals surface area contributed by atoms with E-state index in [1.165, 1.54) is 0 Å². The molecule has 0 aliphatic heterocycles. The molecular formula is C19H16N4O2. The molecule has 2 N–H and O–H groups in total. The highest BCUT2D eigenvalue weighted by molar-refractivity contribution is 5.85. The van der Waals surface area contributed by atoms with Crippen molar-refractivity contribution < 1.29 is 9.63 Å². The number of benzene rings is 1. The van der Waals surface area contributed by atoms with Crippen LogP contribution in [0.5, 0.6) is 5.75 Å². The molecule has 25 heavy (non-hydrogen) atoms. The lowest BCUT2D eigenvalue weighted by atomic mass is 9.97. The molecule has 6 nitrogen and oxygen atoms in total. The largest absolute Gasteiger partial charge is 0.505 e. The smallest absolute Gasteiger partial charge is 0.170 e. The minimum Gasteiger partial charge on any atom is -0.505 e. The van der Waals surface area contributed by atoms with Crippen molar-refractivity contribution in [3.05, 3.63) is 77.9 Å². The zero-order valence-electron chi connectivity index (χ0n) is 13.5. The van der Waals surface area contributed by atoms with E-state index in [0.29, 0.717) is 22.7 Å². The number of aryl methyl sites for hydroxylation is 1. The van der Waals surface area contributed by atoms with Crippen molar-refractivity contribution in [3.63, 3.8) is 0 Å². The van der Waals surface area contributed by atoms with Crippen LogP contribution >= 0.6 is 0 Å². The zero-order valence-corrected chi connectivity index (χ0v) is 13.5. The molecule has 3 heterocycles. The Bertz CT molecular complexity index is 1010. The third kappa shape index (κ3) is 2.89. The molecule has 0 aliphatic carbocycles. The second kappa shape index (κ2) is 6.24. The van der Waals surface area contributed by atoms with Gasteiger partial charge in [0.1, 0.15) is 17.0 Å². The highest BCUT2D eigenvalue weighted by Crippen LogP contribution is 2.36. The summed E-state index contributed by atoms with van der Waals surface area (Å²) in [6.45, 7) is 1.83. The number of fused-ring (bicyclic) bond motifs is 1. The Balaban J connectivity index is 1.84. The lowest BCUT2D eigenvalue weighted by Gasteiger charge is -2.20. The fourth-order valence-corrected chi connectivity index (χ4v) is 2.85. The average Bonchev–Trinajstić information content (AvgIpc) is 3.06. The van der Waals surface area contributed by atoms with E-state index in [0.717, 1.165) is 10.9 Å². The molecule has 0 aliphatic rings. The maximum Gasteiger partial charge on any atom is 0.170 e. The standard InChI is InChI=1S/C19H16N4O2/c1-12-10-16(23-25-12)22-17(14-5-2-8-20-11-14)15-7-6-13-4-3-9-21-18(13)19(15)24/h2-11,17,24H,1H3,(H,22,23)/t17-/m1/s1. The van der Waals surface area contributed by atoms with Gasteiger partial charge in [-0.1, -0.05) is 29.4 Å². The van der Waals surface area contributed by atoms with Crippen LogP contribution in [-0.4, -0.2) is 20.2 Å². The summed E-state index contributed by atoms with van der Waals surface area (Å²) in [5.74, 6) is 1.43. The number of hydrogen-bond acceptors (Lipinski definition) is 6. The first-order chi connectivity index (χ1) is 12.2. The maximum atomic E-state index is 10.8. The molecule has 6 heteroatoms. The number of nitrogens with one attached hydrogen (secondary N) is 1. The summed E-state index contributed by atoms with van der Waals surface area (Å²) >= 11 is 0. The van der Waals surface area contributed by atoms with Gasteiger partial charge in [0.15, 0.2) is 5.82 Å². The van der Waals surface area contributed by atoms with E-state index in [-0.39, 0.29) is 11.8 Å². The molecule has 0 saturated carbocycles. The van der Waals surface area contributed by atoms with Crippen LogP contribution < -0.4 is 5.32 Å². The van der Waals surface area contributed by atoms with E-state index in [1.54, 1.807) is 24.7 Å². The van der Waals surface area contributed by atoms with Crippen molar-refractivity contribution in [1.82, 2.24) is 15.1 Å². The van der Waals surface area contributed by atoms with Crippen LogP contribution in [0.3, 0.4) is 0 Å². The van der Waals surface area contributed by atoms with Gasteiger partial charge in [-0.05, 0) is 24.6 Å². The topological polar surface area (TPSA) is 84.1 Å². The van der Waals surface area contributed by atoms with E-state index in [9.17, 15) is 5.11 Å². The summed E-state index contributed by atoms with van der Waals surface area (Å²) in [7, 11) is 0. The fourth-order valence-electron chi connectivity index (χ4n) is 2.85. The van der Waals surface area contributed by atoms with E-state index in [4.69, 9.17) is 4.52 Å². The summed E-state index contributed by atoms with van der Waals surface area (Å²) in [6.07, 6.45) is 5.13. The highest BCUT2D eigenvalue weighted by atomic mass is 16.5. The van der Waals surface area contributed by atoms with Crippen LogP contribution in [0, 0.1) is 6.92 Å². The van der Waals surface area contributed by atoms with Gasteiger partial charge in [0.05, 0.1) is 6.04 Å². The van der Waals surface area contributed by atoms with Crippen molar-refractivity contribution >= 4 is 16.7 Å². The van der Waals surface area contributed by atoms with Crippen molar-refractivity contribution in [3.8, 4) is 5.75 Å². The molecule has 0 unspecified atom stereocenters. The van der Waals surface area contributed by atoms with Crippen molar-refractivity contribution in [2.24, 2.45) is 0 Å². The van der Waals surface area contributed by atoms with Crippen LogP contribution in [0.4, 0.5) is 5.82 Å². The van der Waals surface area contributed by atoms with Gasteiger partial charge >= 0.3 is 0 Å². The number of pyridine rings is 2. The number of rotatable bonds is 4. The highest BCUT2D eigenvalue weighted by Gasteiger charge is 2.21. The zero-order chi connectivity index (χ0) is 17.2. The molecule has 3 aromatic heterocycles. The van der Waals surface area contributed by atoms with Crippen molar-refractivity contribution in [2.45, 2.75) is 13.0 Å². The second-order valence-electron chi connectivity index (χ2n) is 5.77. The number of nitrogens with zero attached hydrogens (tertiary/aromatic N) is 3. The minimum atomic E-state index is -0.343. The van der Waals surface area contributed by atoms with Crippen LogP contribution in [0.1, 0.15) is 22.9 Å². The summed E-state index contributed by atoms with van der Waals surface area (Å²) in [5.41, 5.74) is 2.15. The summed E-state index contributed by atoms with van der Waals surface area (Å²) < 4.78 is 5.13. The molecule has 4 aromatic rings. The normalized spacial score (nSPS) is 12.2. The minimum absolute atomic E-state index is 0.139. The third-order valence-corrected chi connectivity index (χ3v) is 4.03. The average molecular weight is 332 g/mol. The van der Waals surface area contributed by atoms with Crippen molar-refractivity contribution in [1.29, 1.82) is 0 Å². The van der Waals surface area contributed by atoms with Gasteiger partial charge in [0, 0.05) is 35.6 Å². The molecule has 0 spiro atoms. The Labute approximate surface area is 144 Å². The maximum absolute atomic E-state index is 10.8. The van der Waals surface area contributed by atoms with Crippen LogP contribution in [-0.2, 0) is 0 Å². The first-order valence-electron chi connectivity index (χ1n) is 7.89. The van der Waals surface area contributed by atoms with Gasteiger partial charge in [-0.3, -0.25) is 9.97 Å². The molecule has 0 bridgehead atoms. The number of aromatic hydroxyl groups is 1. The van der Waals surface area contributed by atoms with E-state index in [2.05, 4.69) is 20.4 Å². The molecule has 0 saturated heterocycles. The Morgan fingerprint density at radius 2 is 2.00 bits per heavy atom. The molecule has 1 atom stereocenters. The summed E-state index contributed by atoms with van der Waals surface area (Å²) in [6, 6.07) is 12.8. The number of phenols is 1. The lowest BCUT2D eigenvalue weighted by molar-refractivity contribution is 0.399. The van der Waals surface area contributed by atoms with E-state index < -0.39 is 0 Å². The number of phenolic OH excluding ortho intramolecular Hbond substituents is 1. The van der Waals surface area contributed by atoms with Gasteiger partial charge in [-0.2, -0.15) is 0 Å². The monoisotopic (exact) mass is 332 g/mol. The van der Waals surface area contributed by atoms with Crippen LogP contribution in [0.15, 0.2) is 65.6 Å². The van der Waals surface area contributed by atoms with Gasteiger partial charge < -0.3 is 14.9 Å². The quantitative estimate of drug-likeness (QED) is 0.591.